The summed E-state index contributed by atoms with van der Waals surface area (Å²) in [5, 5.41) is 13.0. The molecule has 1 aromatic heterocycles. The summed E-state index contributed by atoms with van der Waals surface area (Å²) in [5.41, 5.74) is 0.503. The van der Waals surface area contributed by atoms with Crippen molar-refractivity contribution in [2.24, 2.45) is 0 Å². The molecule has 0 saturated heterocycles. The fraction of sp³-hybridized carbons (Fsp3) is 0.188. The Hall–Kier alpha value is -2.96. The Bertz CT molecular complexity index is 810. The molecule has 6 nitrogen and oxygen atoms in total. The third kappa shape index (κ3) is 3.13. The van der Waals surface area contributed by atoms with Crippen LogP contribution in [0.15, 0.2) is 46.8 Å². The predicted octanol–water partition coefficient (Wildman–Crippen LogP) is 3.34. The predicted molar refractivity (Wildman–Crippen MR) is 78.9 cm³/mol. The van der Waals surface area contributed by atoms with Crippen molar-refractivity contribution in [1.82, 2.24) is 10.1 Å². The largest absolute Gasteiger partial charge is 0.497 e. The van der Waals surface area contributed by atoms with E-state index < -0.39 is 5.97 Å². The Labute approximate surface area is 130 Å². The summed E-state index contributed by atoms with van der Waals surface area (Å²) in [7, 11) is 1.44. The van der Waals surface area contributed by atoms with Crippen molar-refractivity contribution in [2.75, 3.05) is 7.11 Å². The van der Waals surface area contributed by atoms with Gasteiger partial charge in [0.2, 0.25) is 0 Å². The standard InChI is InChI=1S/C16H13FN2O4/c1-22-13-7-10(6-11(8-13)16(20)21)15-18-14(19-23-15)9-2-4-12(17)5-3-9/h2,4-9H,3H2,1H3,(H,20,21). The summed E-state index contributed by atoms with van der Waals surface area (Å²) in [6.07, 6.45) is 4.92. The Morgan fingerprint density at radius 3 is 2.91 bits per heavy atom. The highest BCUT2D eigenvalue weighted by molar-refractivity contribution is 5.89. The Morgan fingerprint density at radius 1 is 1.43 bits per heavy atom. The van der Waals surface area contributed by atoms with E-state index in [-0.39, 0.29) is 23.2 Å². The van der Waals surface area contributed by atoms with Gasteiger partial charge in [-0.05, 0) is 36.8 Å². The zero-order valence-electron chi connectivity index (χ0n) is 12.2. The number of halogens is 1. The number of benzene rings is 1. The lowest BCUT2D eigenvalue weighted by Crippen LogP contribution is -2.00. The van der Waals surface area contributed by atoms with Gasteiger partial charge >= 0.3 is 5.97 Å². The number of hydrogen-bond donors (Lipinski definition) is 1. The van der Waals surface area contributed by atoms with E-state index in [9.17, 15) is 9.18 Å². The van der Waals surface area contributed by atoms with E-state index in [2.05, 4.69) is 10.1 Å². The topological polar surface area (TPSA) is 85.5 Å². The number of allylic oxidation sites excluding steroid dienone is 4. The molecule has 1 aliphatic rings. The fourth-order valence-electron chi connectivity index (χ4n) is 2.25. The number of nitrogens with zero attached hydrogens (tertiary/aromatic N) is 2. The third-order valence-corrected chi connectivity index (χ3v) is 3.46. The van der Waals surface area contributed by atoms with Gasteiger partial charge in [-0.2, -0.15) is 4.98 Å². The van der Waals surface area contributed by atoms with Crippen molar-refractivity contribution in [3.63, 3.8) is 0 Å². The van der Waals surface area contributed by atoms with Crippen LogP contribution in [0.2, 0.25) is 0 Å². The molecule has 1 unspecified atom stereocenters. The molecular formula is C16H13FN2O4. The zero-order valence-corrected chi connectivity index (χ0v) is 12.2. The van der Waals surface area contributed by atoms with Crippen molar-refractivity contribution in [3.8, 4) is 17.2 Å². The van der Waals surface area contributed by atoms with Crippen LogP contribution in [0.1, 0.15) is 28.5 Å². The summed E-state index contributed by atoms with van der Waals surface area (Å²) in [4.78, 5) is 15.4. The summed E-state index contributed by atoms with van der Waals surface area (Å²) >= 11 is 0. The first-order chi connectivity index (χ1) is 11.1. The first-order valence-electron chi connectivity index (χ1n) is 6.87. The summed E-state index contributed by atoms with van der Waals surface area (Å²) in [5.74, 6) is -0.562. The summed E-state index contributed by atoms with van der Waals surface area (Å²) in [6.45, 7) is 0. The van der Waals surface area contributed by atoms with Crippen molar-refractivity contribution < 1.29 is 23.6 Å². The molecule has 0 radical (unpaired) electrons. The van der Waals surface area contributed by atoms with Crippen molar-refractivity contribution >= 4 is 5.97 Å². The Morgan fingerprint density at radius 2 is 2.26 bits per heavy atom. The van der Waals surface area contributed by atoms with Gasteiger partial charge in [0.15, 0.2) is 5.82 Å². The number of carboxylic acids is 1. The summed E-state index contributed by atoms with van der Waals surface area (Å²) in [6, 6.07) is 4.44. The lowest BCUT2D eigenvalue weighted by molar-refractivity contribution is 0.0696. The van der Waals surface area contributed by atoms with Crippen molar-refractivity contribution in [1.29, 1.82) is 0 Å². The average Bonchev–Trinajstić information content (AvgIpc) is 3.05. The first kappa shape index (κ1) is 15.0. The maximum absolute atomic E-state index is 13.0. The molecule has 3 rings (SSSR count). The molecule has 0 aliphatic heterocycles. The van der Waals surface area contributed by atoms with Gasteiger partial charge in [-0.15, -0.1) is 0 Å². The Kier molecular flexibility index (Phi) is 3.92. The van der Waals surface area contributed by atoms with Gasteiger partial charge in [0, 0.05) is 11.5 Å². The van der Waals surface area contributed by atoms with Crippen molar-refractivity contribution in [3.05, 3.63) is 53.6 Å². The van der Waals surface area contributed by atoms with Gasteiger partial charge in [0.1, 0.15) is 11.6 Å². The number of ether oxygens (including phenoxy) is 1. The van der Waals surface area contributed by atoms with Crippen LogP contribution in [-0.4, -0.2) is 28.3 Å². The number of carboxylic acid groups (broad SMARTS) is 1. The van der Waals surface area contributed by atoms with Gasteiger partial charge in [-0.1, -0.05) is 11.2 Å². The first-order valence-corrected chi connectivity index (χ1v) is 6.87. The van der Waals surface area contributed by atoms with Gasteiger partial charge in [0.25, 0.3) is 5.89 Å². The van der Waals surface area contributed by atoms with Crippen LogP contribution in [-0.2, 0) is 0 Å². The lowest BCUT2D eigenvalue weighted by Gasteiger charge is -2.08. The third-order valence-electron chi connectivity index (χ3n) is 3.46. The molecule has 23 heavy (non-hydrogen) atoms. The molecule has 1 aromatic carbocycles. The van der Waals surface area contributed by atoms with E-state index in [1.807, 2.05) is 0 Å². The number of aromatic carboxylic acids is 1. The second kappa shape index (κ2) is 6.04. The minimum absolute atomic E-state index is 0.0571. The highest BCUT2D eigenvalue weighted by Gasteiger charge is 2.19. The van der Waals surface area contributed by atoms with Gasteiger partial charge < -0.3 is 14.4 Å². The van der Waals surface area contributed by atoms with Crippen LogP contribution < -0.4 is 4.74 Å². The highest BCUT2D eigenvalue weighted by Crippen LogP contribution is 2.29. The number of hydrogen-bond acceptors (Lipinski definition) is 5. The van der Waals surface area contributed by atoms with E-state index in [4.69, 9.17) is 14.4 Å². The zero-order chi connectivity index (χ0) is 16.4. The number of methoxy groups -OCH3 is 1. The molecule has 0 bridgehead atoms. The normalized spacial score (nSPS) is 17.0. The Balaban J connectivity index is 1.93. The van der Waals surface area contributed by atoms with E-state index >= 15 is 0 Å². The van der Waals surface area contributed by atoms with E-state index in [0.717, 1.165) is 0 Å². The van der Waals surface area contributed by atoms with Crippen LogP contribution in [0.5, 0.6) is 5.75 Å². The monoisotopic (exact) mass is 316 g/mol. The number of rotatable bonds is 4. The van der Waals surface area contributed by atoms with Gasteiger partial charge in [0.05, 0.1) is 12.7 Å². The maximum atomic E-state index is 13.0. The smallest absolute Gasteiger partial charge is 0.335 e. The lowest BCUT2D eigenvalue weighted by atomic mass is 10.00. The minimum Gasteiger partial charge on any atom is -0.497 e. The second-order valence-electron chi connectivity index (χ2n) is 5.00. The molecule has 0 amide bonds. The molecule has 0 spiro atoms. The molecule has 118 valence electrons. The molecule has 1 aliphatic carbocycles. The summed E-state index contributed by atoms with van der Waals surface area (Å²) < 4.78 is 23.3. The molecule has 1 N–H and O–H groups in total. The molecule has 7 heteroatoms. The van der Waals surface area contributed by atoms with E-state index in [0.29, 0.717) is 23.6 Å². The maximum Gasteiger partial charge on any atom is 0.335 e. The molecule has 1 heterocycles. The minimum atomic E-state index is -1.08. The van der Waals surface area contributed by atoms with Crippen LogP contribution >= 0.6 is 0 Å². The molecule has 2 aromatic rings. The molecule has 1 atom stereocenters. The molecule has 0 saturated carbocycles. The van der Waals surface area contributed by atoms with Crippen LogP contribution in [0.25, 0.3) is 11.5 Å². The van der Waals surface area contributed by atoms with Crippen LogP contribution in [0, 0.1) is 0 Å². The average molecular weight is 316 g/mol. The van der Waals surface area contributed by atoms with E-state index in [1.165, 1.54) is 31.4 Å². The molecular weight excluding hydrogens is 303 g/mol. The van der Waals surface area contributed by atoms with Crippen LogP contribution in [0.4, 0.5) is 4.39 Å². The molecule has 0 fully saturated rings. The quantitative estimate of drug-likeness (QED) is 0.931. The highest BCUT2D eigenvalue weighted by atomic mass is 19.1. The fourth-order valence-corrected chi connectivity index (χ4v) is 2.25. The van der Waals surface area contributed by atoms with E-state index in [1.54, 1.807) is 12.1 Å². The number of aromatic nitrogens is 2. The van der Waals surface area contributed by atoms with Gasteiger partial charge in [-0.3, -0.25) is 0 Å². The van der Waals surface area contributed by atoms with Crippen molar-refractivity contribution in [2.45, 2.75) is 12.3 Å². The SMILES string of the molecule is COc1cc(C(=O)O)cc(-c2nc(C3C=CC(F)=CC3)no2)c1. The second-order valence-corrected chi connectivity index (χ2v) is 5.00. The van der Waals surface area contributed by atoms with Gasteiger partial charge in [-0.25, -0.2) is 9.18 Å². The van der Waals surface area contributed by atoms with Crippen LogP contribution in [0.3, 0.4) is 0 Å². The number of carbonyl (C=O) groups is 1.